The van der Waals surface area contributed by atoms with E-state index in [1.54, 1.807) is 19.2 Å². The zero-order valence-corrected chi connectivity index (χ0v) is 13.1. The molecule has 0 bridgehead atoms. The number of rotatable bonds is 7. The van der Waals surface area contributed by atoms with Gasteiger partial charge in [0.2, 0.25) is 0 Å². The smallest absolute Gasteiger partial charge is 0.170 e. The van der Waals surface area contributed by atoms with Gasteiger partial charge in [0.05, 0.1) is 19.8 Å². The van der Waals surface area contributed by atoms with E-state index in [-0.39, 0.29) is 11.7 Å². The Morgan fingerprint density at radius 2 is 2.05 bits per heavy atom. The molecule has 106 valence electrons. The summed E-state index contributed by atoms with van der Waals surface area (Å²) in [6.07, 6.45) is 1.70. The maximum absolute atomic E-state index is 12.5. The third-order valence-electron chi connectivity index (χ3n) is 3.04. The minimum atomic E-state index is -0.167. The van der Waals surface area contributed by atoms with Gasteiger partial charge in [-0.05, 0) is 34.5 Å². The highest BCUT2D eigenvalue weighted by molar-refractivity contribution is 9.10. The van der Waals surface area contributed by atoms with Crippen molar-refractivity contribution in [1.82, 2.24) is 0 Å². The molecule has 1 atom stereocenters. The molecule has 0 spiro atoms. The predicted octanol–water partition coefficient (Wildman–Crippen LogP) is 3.02. The molecule has 0 aliphatic heterocycles. The van der Waals surface area contributed by atoms with E-state index in [1.807, 2.05) is 6.92 Å². The zero-order valence-electron chi connectivity index (χ0n) is 11.5. The van der Waals surface area contributed by atoms with Crippen LogP contribution < -0.4 is 15.2 Å². The van der Waals surface area contributed by atoms with E-state index in [1.165, 1.54) is 7.11 Å². The maximum atomic E-state index is 12.5. The van der Waals surface area contributed by atoms with Gasteiger partial charge in [-0.25, -0.2) is 0 Å². The standard InChI is InChI=1S/C14H20BrNO3/c1-4-5-9(8-16)13(17)10-6-7-11(18-2)12(15)14(10)19-3/h6-7,9H,4-5,8,16H2,1-3H3. The van der Waals surface area contributed by atoms with Gasteiger partial charge in [0.15, 0.2) is 5.78 Å². The molecule has 2 N–H and O–H groups in total. The van der Waals surface area contributed by atoms with Crippen molar-refractivity contribution in [1.29, 1.82) is 0 Å². The van der Waals surface area contributed by atoms with E-state index >= 15 is 0 Å². The molecule has 0 amide bonds. The first-order valence-corrected chi connectivity index (χ1v) is 7.04. The van der Waals surface area contributed by atoms with Crippen molar-refractivity contribution in [2.75, 3.05) is 20.8 Å². The van der Waals surface area contributed by atoms with Crippen molar-refractivity contribution in [3.05, 3.63) is 22.2 Å². The Kier molecular flexibility index (Phi) is 6.31. The van der Waals surface area contributed by atoms with E-state index in [0.717, 1.165) is 12.8 Å². The molecule has 0 fully saturated rings. The minimum absolute atomic E-state index is 0.0181. The van der Waals surface area contributed by atoms with Crippen LogP contribution in [0, 0.1) is 5.92 Å². The average molecular weight is 330 g/mol. The van der Waals surface area contributed by atoms with Gasteiger partial charge >= 0.3 is 0 Å². The zero-order chi connectivity index (χ0) is 14.4. The Morgan fingerprint density at radius 3 is 2.53 bits per heavy atom. The fraction of sp³-hybridized carbons (Fsp3) is 0.500. The number of hydrogen-bond donors (Lipinski definition) is 1. The summed E-state index contributed by atoms with van der Waals surface area (Å²) in [6.45, 7) is 2.39. The van der Waals surface area contributed by atoms with Crippen LogP contribution in [-0.2, 0) is 0 Å². The number of ether oxygens (including phenoxy) is 2. The van der Waals surface area contributed by atoms with Gasteiger partial charge in [-0.3, -0.25) is 4.79 Å². The second kappa shape index (κ2) is 7.50. The first-order chi connectivity index (χ1) is 9.10. The monoisotopic (exact) mass is 329 g/mol. The third-order valence-corrected chi connectivity index (χ3v) is 3.79. The van der Waals surface area contributed by atoms with Gasteiger partial charge in [0.1, 0.15) is 16.0 Å². The number of halogens is 1. The second-order valence-corrected chi connectivity index (χ2v) is 5.04. The molecule has 0 heterocycles. The molecule has 0 aliphatic rings. The SMILES string of the molecule is CCCC(CN)C(=O)c1ccc(OC)c(Br)c1OC. The summed E-state index contributed by atoms with van der Waals surface area (Å²) >= 11 is 3.40. The lowest BCUT2D eigenvalue weighted by atomic mass is 9.93. The molecule has 0 radical (unpaired) electrons. The molecule has 5 heteroatoms. The number of hydrogen-bond acceptors (Lipinski definition) is 4. The van der Waals surface area contributed by atoms with Crippen LogP contribution >= 0.6 is 15.9 Å². The summed E-state index contributed by atoms with van der Waals surface area (Å²) in [5.74, 6) is 0.982. The lowest BCUT2D eigenvalue weighted by molar-refractivity contribution is 0.0914. The van der Waals surface area contributed by atoms with Gasteiger partial charge in [-0.15, -0.1) is 0 Å². The van der Waals surface area contributed by atoms with Crippen molar-refractivity contribution in [3.8, 4) is 11.5 Å². The largest absolute Gasteiger partial charge is 0.495 e. The molecule has 0 saturated heterocycles. The summed E-state index contributed by atoms with van der Waals surface area (Å²) in [6, 6.07) is 3.47. The molecule has 19 heavy (non-hydrogen) atoms. The lowest BCUT2D eigenvalue weighted by Gasteiger charge is -2.17. The van der Waals surface area contributed by atoms with Crippen molar-refractivity contribution in [2.24, 2.45) is 11.7 Å². The summed E-state index contributed by atoms with van der Waals surface area (Å²) in [5.41, 5.74) is 6.23. The summed E-state index contributed by atoms with van der Waals surface area (Å²) in [7, 11) is 3.11. The molecule has 0 saturated carbocycles. The van der Waals surface area contributed by atoms with Crippen LogP contribution in [0.3, 0.4) is 0 Å². The van der Waals surface area contributed by atoms with E-state index in [4.69, 9.17) is 15.2 Å². The van der Waals surface area contributed by atoms with E-state index in [0.29, 0.717) is 28.1 Å². The maximum Gasteiger partial charge on any atom is 0.170 e. The van der Waals surface area contributed by atoms with Crippen LogP contribution in [0.15, 0.2) is 16.6 Å². The fourth-order valence-electron chi connectivity index (χ4n) is 2.01. The van der Waals surface area contributed by atoms with Crippen LogP contribution in [0.1, 0.15) is 30.1 Å². The molecular formula is C14H20BrNO3. The summed E-state index contributed by atoms with van der Waals surface area (Å²) in [5, 5.41) is 0. The van der Waals surface area contributed by atoms with Gasteiger partial charge in [-0.1, -0.05) is 13.3 Å². The van der Waals surface area contributed by atoms with E-state index < -0.39 is 0 Å². The van der Waals surface area contributed by atoms with Gasteiger partial charge in [0.25, 0.3) is 0 Å². The highest BCUT2D eigenvalue weighted by Crippen LogP contribution is 2.38. The number of carbonyl (C=O) groups excluding carboxylic acids is 1. The highest BCUT2D eigenvalue weighted by atomic mass is 79.9. The van der Waals surface area contributed by atoms with Gasteiger partial charge in [0, 0.05) is 12.5 Å². The van der Waals surface area contributed by atoms with E-state index in [2.05, 4.69) is 15.9 Å². The molecular weight excluding hydrogens is 310 g/mol. The molecule has 1 rings (SSSR count). The van der Waals surface area contributed by atoms with Crippen molar-refractivity contribution in [2.45, 2.75) is 19.8 Å². The first kappa shape index (κ1) is 16.0. The second-order valence-electron chi connectivity index (χ2n) is 4.25. The van der Waals surface area contributed by atoms with Crippen LogP contribution in [0.4, 0.5) is 0 Å². The number of ketones is 1. The number of carbonyl (C=O) groups is 1. The van der Waals surface area contributed by atoms with Crippen LogP contribution in [-0.4, -0.2) is 26.5 Å². The lowest BCUT2D eigenvalue weighted by Crippen LogP contribution is -2.24. The van der Waals surface area contributed by atoms with Crippen LogP contribution in [0.5, 0.6) is 11.5 Å². The Balaban J connectivity index is 3.19. The Bertz CT molecular complexity index is 449. The van der Waals surface area contributed by atoms with Crippen LogP contribution in [0.2, 0.25) is 0 Å². The number of nitrogens with two attached hydrogens (primary N) is 1. The Labute approximate surface area is 122 Å². The minimum Gasteiger partial charge on any atom is -0.495 e. The van der Waals surface area contributed by atoms with Crippen molar-refractivity contribution in [3.63, 3.8) is 0 Å². The molecule has 1 unspecified atom stereocenters. The number of benzene rings is 1. The summed E-state index contributed by atoms with van der Waals surface area (Å²) < 4.78 is 11.2. The van der Waals surface area contributed by atoms with E-state index in [9.17, 15) is 4.79 Å². The topological polar surface area (TPSA) is 61.6 Å². The molecule has 4 nitrogen and oxygen atoms in total. The Morgan fingerprint density at radius 1 is 1.37 bits per heavy atom. The number of Topliss-reactive ketones (excluding diaryl/α,β-unsaturated/α-hetero) is 1. The van der Waals surface area contributed by atoms with Gasteiger partial charge < -0.3 is 15.2 Å². The molecule has 1 aromatic carbocycles. The molecule has 0 aromatic heterocycles. The normalized spacial score (nSPS) is 12.1. The average Bonchev–Trinajstić information content (AvgIpc) is 2.43. The summed E-state index contributed by atoms with van der Waals surface area (Å²) in [4.78, 5) is 12.5. The third kappa shape index (κ3) is 3.48. The predicted molar refractivity (Wildman–Crippen MR) is 79.0 cm³/mol. The fourth-order valence-corrected chi connectivity index (χ4v) is 2.68. The van der Waals surface area contributed by atoms with Crippen molar-refractivity contribution < 1.29 is 14.3 Å². The highest BCUT2D eigenvalue weighted by Gasteiger charge is 2.23. The molecule has 0 aliphatic carbocycles. The van der Waals surface area contributed by atoms with Gasteiger partial charge in [-0.2, -0.15) is 0 Å². The quantitative estimate of drug-likeness (QED) is 0.781. The number of methoxy groups -OCH3 is 2. The van der Waals surface area contributed by atoms with Crippen LogP contribution in [0.25, 0.3) is 0 Å². The Hall–Kier alpha value is -1.07. The first-order valence-electron chi connectivity index (χ1n) is 6.25. The van der Waals surface area contributed by atoms with Crippen molar-refractivity contribution >= 4 is 21.7 Å². The molecule has 1 aromatic rings.